The van der Waals surface area contributed by atoms with E-state index < -0.39 is 0 Å². The number of oxazole rings is 1. The van der Waals surface area contributed by atoms with Gasteiger partial charge in [0.1, 0.15) is 11.3 Å². The van der Waals surface area contributed by atoms with Crippen LogP contribution in [0.2, 0.25) is 0 Å². The Morgan fingerprint density at radius 2 is 1.83 bits per heavy atom. The molecule has 0 aliphatic carbocycles. The number of aromatic nitrogens is 1. The SMILES string of the molecule is CCC(C)c1ccc(OCC(=O)Nc2ccc3oc(-c4ccccc4)nc3c2)cc1. The van der Waals surface area contributed by atoms with E-state index in [1.807, 2.05) is 54.6 Å². The predicted molar refractivity (Wildman–Crippen MR) is 119 cm³/mol. The molecule has 0 bridgehead atoms. The van der Waals surface area contributed by atoms with Gasteiger partial charge in [-0.25, -0.2) is 4.98 Å². The number of anilines is 1. The molecule has 1 unspecified atom stereocenters. The summed E-state index contributed by atoms with van der Waals surface area (Å²) in [5, 5.41) is 2.85. The van der Waals surface area contributed by atoms with Crippen LogP contribution in [-0.2, 0) is 4.79 Å². The Morgan fingerprint density at radius 1 is 1.07 bits per heavy atom. The smallest absolute Gasteiger partial charge is 0.262 e. The fraction of sp³-hybridized carbons (Fsp3) is 0.200. The summed E-state index contributed by atoms with van der Waals surface area (Å²) in [7, 11) is 0. The molecule has 0 radical (unpaired) electrons. The average molecular weight is 400 g/mol. The third-order valence-electron chi connectivity index (χ3n) is 5.12. The van der Waals surface area contributed by atoms with Crippen molar-refractivity contribution in [2.45, 2.75) is 26.2 Å². The van der Waals surface area contributed by atoms with Crippen molar-refractivity contribution in [1.29, 1.82) is 0 Å². The summed E-state index contributed by atoms with van der Waals surface area (Å²) < 4.78 is 11.4. The lowest BCUT2D eigenvalue weighted by atomic mass is 9.99. The van der Waals surface area contributed by atoms with E-state index in [0.717, 1.165) is 12.0 Å². The molecule has 0 fully saturated rings. The molecule has 4 aromatic rings. The molecule has 5 nitrogen and oxygen atoms in total. The van der Waals surface area contributed by atoms with E-state index in [9.17, 15) is 4.79 Å². The zero-order valence-electron chi connectivity index (χ0n) is 17.1. The van der Waals surface area contributed by atoms with Gasteiger partial charge in [0.15, 0.2) is 12.2 Å². The number of nitrogens with one attached hydrogen (secondary N) is 1. The second-order valence-corrected chi connectivity index (χ2v) is 7.28. The Kier molecular flexibility index (Phi) is 5.80. The Hall–Kier alpha value is -3.60. The molecule has 3 aromatic carbocycles. The van der Waals surface area contributed by atoms with Crippen LogP contribution in [0.1, 0.15) is 31.7 Å². The van der Waals surface area contributed by atoms with Gasteiger partial charge in [0.25, 0.3) is 5.91 Å². The maximum absolute atomic E-state index is 12.3. The number of carbonyl (C=O) groups is 1. The first-order valence-electron chi connectivity index (χ1n) is 10.1. The van der Waals surface area contributed by atoms with Gasteiger partial charge in [-0.05, 0) is 60.4 Å². The molecule has 5 heteroatoms. The lowest BCUT2D eigenvalue weighted by molar-refractivity contribution is -0.118. The largest absolute Gasteiger partial charge is 0.484 e. The second-order valence-electron chi connectivity index (χ2n) is 7.28. The van der Waals surface area contributed by atoms with E-state index >= 15 is 0 Å². The van der Waals surface area contributed by atoms with Crippen LogP contribution in [-0.4, -0.2) is 17.5 Å². The first-order valence-corrected chi connectivity index (χ1v) is 10.1. The predicted octanol–water partition coefficient (Wildman–Crippen LogP) is 6.03. The van der Waals surface area contributed by atoms with Gasteiger partial charge in [0.2, 0.25) is 5.89 Å². The maximum atomic E-state index is 12.3. The van der Waals surface area contributed by atoms with Crippen molar-refractivity contribution in [1.82, 2.24) is 4.98 Å². The molecule has 0 aliphatic rings. The Labute approximate surface area is 175 Å². The highest BCUT2D eigenvalue weighted by Gasteiger charge is 2.10. The van der Waals surface area contributed by atoms with E-state index in [1.54, 1.807) is 18.2 Å². The lowest BCUT2D eigenvalue weighted by Crippen LogP contribution is -2.20. The fourth-order valence-electron chi connectivity index (χ4n) is 3.18. The van der Waals surface area contributed by atoms with E-state index in [1.165, 1.54) is 5.56 Å². The molecule has 30 heavy (non-hydrogen) atoms. The van der Waals surface area contributed by atoms with Gasteiger partial charge < -0.3 is 14.5 Å². The molecular formula is C25H24N2O3. The molecule has 0 aliphatic heterocycles. The van der Waals surface area contributed by atoms with Gasteiger partial charge in [0.05, 0.1) is 0 Å². The topological polar surface area (TPSA) is 64.4 Å². The summed E-state index contributed by atoms with van der Waals surface area (Å²) in [4.78, 5) is 16.8. The lowest BCUT2D eigenvalue weighted by Gasteiger charge is -2.11. The summed E-state index contributed by atoms with van der Waals surface area (Å²) >= 11 is 0. The number of rotatable bonds is 7. The number of nitrogens with zero attached hydrogens (tertiary/aromatic N) is 1. The minimum Gasteiger partial charge on any atom is -0.484 e. The molecular weight excluding hydrogens is 376 g/mol. The standard InChI is InChI=1S/C25H24N2O3/c1-3-17(2)18-9-12-21(13-10-18)29-16-24(28)26-20-11-14-23-22(15-20)27-25(30-23)19-7-5-4-6-8-19/h4-15,17H,3,16H2,1-2H3,(H,26,28). The van der Waals surface area contributed by atoms with E-state index in [4.69, 9.17) is 9.15 Å². The number of carbonyl (C=O) groups excluding carboxylic acids is 1. The van der Waals surface area contributed by atoms with Crippen LogP contribution in [0, 0.1) is 0 Å². The van der Waals surface area contributed by atoms with Gasteiger partial charge >= 0.3 is 0 Å². The molecule has 1 amide bonds. The molecule has 1 N–H and O–H groups in total. The summed E-state index contributed by atoms with van der Waals surface area (Å²) in [6, 6.07) is 23.0. The van der Waals surface area contributed by atoms with Crippen molar-refractivity contribution < 1.29 is 13.9 Å². The minimum atomic E-state index is -0.230. The van der Waals surface area contributed by atoms with Gasteiger partial charge in [-0.2, -0.15) is 0 Å². The Morgan fingerprint density at radius 3 is 2.57 bits per heavy atom. The third-order valence-corrected chi connectivity index (χ3v) is 5.12. The molecule has 0 spiro atoms. The number of fused-ring (bicyclic) bond motifs is 1. The highest BCUT2D eigenvalue weighted by molar-refractivity contribution is 5.94. The zero-order valence-corrected chi connectivity index (χ0v) is 17.1. The summed E-state index contributed by atoms with van der Waals surface area (Å²) in [5.41, 5.74) is 4.19. The van der Waals surface area contributed by atoms with Crippen LogP contribution in [0.5, 0.6) is 5.75 Å². The van der Waals surface area contributed by atoms with Crippen LogP contribution in [0.4, 0.5) is 5.69 Å². The first kappa shape index (κ1) is 19.7. The van der Waals surface area contributed by atoms with Gasteiger partial charge in [-0.1, -0.05) is 44.2 Å². The Bertz CT molecular complexity index is 1130. The number of amides is 1. The normalized spacial score (nSPS) is 11.9. The monoisotopic (exact) mass is 400 g/mol. The van der Waals surface area contributed by atoms with Crippen molar-refractivity contribution in [3.8, 4) is 17.2 Å². The van der Waals surface area contributed by atoms with Crippen molar-refractivity contribution in [2.24, 2.45) is 0 Å². The molecule has 1 atom stereocenters. The number of hydrogen-bond donors (Lipinski definition) is 1. The summed E-state index contributed by atoms with van der Waals surface area (Å²) in [5.74, 6) is 1.51. The zero-order chi connectivity index (χ0) is 20.9. The molecule has 152 valence electrons. The summed E-state index contributed by atoms with van der Waals surface area (Å²) in [6.07, 6.45) is 1.09. The van der Waals surface area contributed by atoms with Crippen LogP contribution < -0.4 is 10.1 Å². The number of hydrogen-bond acceptors (Lipinski definition) is 4. The average Bonchev–Trinajstić information content (AvgIpc) is 3.21. The molecule has 0 saturated carbocycles. The van der Waals surface area contributed by atoms with Crippen molar-refractivity contribution in [3.63, 3.8) is 0 Å². The fourth-order valence-corrected chi connectivity index (χ4v) is 3.18. The van der Waals surface area contributed by atoms with Crippen LogP contribution in [0.25, 0.3) is 22.6 Å². The minimum absolute atomic E-state index is 0.0607. The molecule has 4 rings (SSSR count). The highest BCUT2D eigenvalue weighted by Crippen LogP contribution is 2.26. The van der Waals surface area contributed by atoms with Gasteiger partial charge in [0, 0.05) is 11.3 Å². The maximum Gasteiger partial charge on any atom is 0.262 e. The quantitative estimate of drug-likeness (QED) is 0.412. The first-order chi connectivity index (χ1) is 14.6. The second kappa shape index (κ2) is 8.82. The Balaban J connectivity index is 1.38. The van der Waals surface area contributed by atoms with Crippen LogP contribution in [0.15, 0.2) is 77.2 Å². The highest BCUT2D eigenvalue weighted by atomic mass is 16.5. The van der Waals surface area contributed by atoms with Gasteiger partial charge in [-0.3, -0.25) is 4.79 Å². The summed E-state index contributed by atoms with van der Waals surface area (Å²) in [6.45, 7) is 4.30. The van der Waals surface area contributed by atoms with Crippen molar-refractivity contribution in [3.05, 3.63) is 78.4 Å². The van der Waals surface area contributed by atoms with Crippen molar-refractivity contribution >= 4 is 22.7 Å². The van der Waals surface area contributed by atoms with E-state index in [-0.39, 0.29) is 12.5 Å². The molecule has 1 heterocycles. The van der Waals surface area contributed by atoms with E-state index in [2.05, 4.69) is 24.1 Å². The van der Waals surface area contributed by atoms with Crippen LogP contribution in [0.3, 0.4) is 0 Å². The number of ether oxygens (including phenoxy) is 1. The van der Waals surface area contributed by atoms with Crippen LogP contribution >= 0.6 is 0 Å². The number of benzene rings is 3. The van der Waals surface area contributed by atoms with Crippen molar-refractivity contribution in [2.75, 3.05) is 11.9 Å². The molecule has 1 aromatic heterocycles. The molecule has 0 saturated heterocycles. The van der Waals surface area contributed by atoms with Gasteiger partial charge in [-0.15, -0.1) is 0 Å². The third kappa shape index (κ3) is 4.51. The van der Waals surface area contributed by atoms with E-state index in [0.29, 0.717) is 34.3 Å².